The normalized spacial score (nSPS) is 10.4. The van der Waals surface area contributed by atoms with E-state index in [4.69, 9.17) is 4.74 Å². The molecule has 0 saturated heterocycles. The number of carbonyl (C=O) groups is 1. The van der Waals surface area contributed by atoms with E-state index in [9.17, 15) is 4.79 Å². The van der Waals surface area contributed by atoms with Crippen molar-refractivity contribution in [3.8, 4) is 5.75 Å². The molecule has 0 bridgehead atoms. The molecule has 0 heterocycles. The van der Waals surface area contributed by atoms with Crippen LogP contribution in [-0.2, 0) is 11.3 Å². The van der Waals surface area contributed by atoms with E-state index >= 15 is 0 Å². The number of aryl methyl sites for hydroxylation is 2. The maximum atomic E-state index is 11.9. The van der Waals surface area contributed by atoms with Crippen molar-refractivity contribution in [1.82, 2.24) is 5.32 Å². The molecular weight excluding hydrogens is 306 g/mol. The minimum absolute atomic E-state index is 0.0807. The van der Waals surface area contributed by atoms with Crippen LogP contribution in [0.25, 0.3) is 0 Å². The number of methoxy groups -OCH3 is 1. The molecule has 0 fully saturated rings. The summed E-state index contributed by atoms with van der Waals surface area (Å²) in [5, 5.41) is 2.95. The van der Waals surface area contributed by atoms with Gasteiger partial charge in [0.25, 0.3) is 0 Å². The fourth-order valence-electron chi connectivity index (χ4n) is 2.10. The zero-order valence-corrected chi connectivity index (χ0v) is 14.7. The van der Waals surface area contributed by atoms with E-state index < -0.39 is 0 Å². The topological polar surface area (TPSA) is 38.3 Å². The summed E-state index contributed by atoms with van der Waals surface area (Å²) in [5.41, 5.74) is 3.66. The van der Waals surface area contributed by atoms with Gasteiger partial charge in [0.2, 0.25) is 5.91 Å². The van der Waals surface area contributed by atoms with Crippen LogP contribution in [0.15, 0.2) is 47.4 Å². The first-order valence-electron chi connectivity index (χ1n) is 7.68. The lowest BCUT2D eigenvalue weighted by atomic mass is 10.1. The van der Waals surface area contributed by atoms with Crippen molar-refractivity contribution in [2.75, 3.05) is 12.9 Å². The summed E-state index contributed by atoms with van der Waals surface area (Å²) in [4.78, 5) is 13.1. The second-order valence-electron chi connectivity index (χ2n) is 5.47. The average Bonchev–Trinajstić information content (AvgIpc) is 2.56. The highest BCUT2D eigenvalue weighted by Gasteiger charge is 2.03. The van der Waals surface area contributed by atoms with Crippen molar-refractivity contribution in [3.05, 3.63) is 59.2 Å². The lowest BCUT2D eigenvalue weighted by Crippen LogP contribution is -2.22. The van der Waals surface area contributed by atoms with Gasteiger partial charge in [-0.2, -0.15) is 0 Å². The monoisotopic (exact) mass is 329 g/mol. The Bertz CT molecular complexity index is 653. The van der Waals surface area contributed by atoms with Crippen LogP contribution >= 0.6 is 11.8 Å². The van der Waals surface area contributed by atoms with Gasteiger partial charge >= 0.3 is 0 Å². The Morgan fingerprint density at radius 2 is 1.83 bits per heavy atom. The van der Waals surface area contributed by atoms with Gasteiger partial charge in [-0.25, -0.2) is 0 Å². The van der Waals surface area contributed by atoms with Gasteiger partial charge in [0, 0.05) is 23.6 Å². The van der Waals surface area contributed by atoms with Crippen molar-refractivity contribution in [3.63, 3.8) is 0 Å². The Kier molecular flexibility index (Phi) is 6.53. The second-order valence-corrected chi connectivity index (χ2v) is 6.64. The Labute approximate surface area is 142 Å². The van der Waals surface area contributed by atoms with Crippen LogP contribution in [-0.4, -0.2) is 18.8 Å². The van der Waals surface area contributed by atoms with E-state index in [0.29, 0.717) is 13.0 Å². The van der Waals surface area contributed by atoms with Crippen LogP contribution in [0.4, 0.5) is 0 Å². The fraction of sp³-hybridized carbons (Fsp3) is 0.316. The van der Waals surface area contributed by atoms with Gasteiger partial charge in [0.15, 0.2) is 0 Å². The van der Waals surface area contributed by atoms with Gasteiger partial charge in [0.1, 0.15) is 5.75 Å². The van der Waals surface area contributed by atoms with Crippen LogP contribution < -0.4 is 10.1 Å². The minimum Gasteiger partial charge on any atom is -0.497 e. The number of carbonyl (C=O) groups excluding carboxylic acids is 1. The minimum atomic E-state index is 0.0807. The standard InChI is InChI=1S/C19H23NO2S/c1-14-4-9-18(12-15(14)2)23-11-10-19(21)20-13-16-5-7-17(22-3)8-6-16/h4-9,12H,10-11,13H2,1-3H3,(H,20,21). The van der Waals surface area contributed by atoms with E-state index in [1.165, 1.54) is 16.0 Å². The summed E-state index contributed by atoms with van der Waals surface area (Å²) in [6, 6.07) is 14.1. The maximum absolute atomic E-state index is 11.9. The molecule has 0 radical (unpaired) electrons. The molecule has 4 heteroatoms. The number of hydrogen-bond donors (Lipinski definition) is 1. The summed E-state index contributed by atoms with van der Waals surface area (Å²) in [6.45, 7) is 4.77. The van der Waals surface area contributed by atoms with E-state index in [1.54, 1.807) is 18.9 Å². The van der Waals surface area contributed by atoms with E-state index in [2.05, 4.69) is 37.4 Å². The lowest BCUT2D eigenvalue weighted by molar-refractivity contribution is -0.120. The molecule has 0 saturated carbocycles. The molecule has 1 N–H and O–H groups in total. The van der Waals surface area contributed by atoms with Crippen LogP contribution in [0, 0.1) is 13.8 Å². The molecule has 0 unspecified atom stereocenters. The highest BCUT2D eigenvalue weighted by molar-refractivity contribution is 7.99. The Hall–Kier alpha value is -1.94. The molecule has 2 rings (SSSR count). The molecule has 3 nitrogen and oxygen atoms in total. The van der Waals surface area contributed by atoms with Crippen molar-refractivity contribution in [2.45, 2.75) is 31.7 Å². The predicted octanol–water partition coefficient (Wildman–Crippen LogP) is 4.11. The molecule has 1 amide bonds. The number of benzene rings is 2. The highest BCUT2D eigenvalue weighted by atomic mass is 32.2. The van der Waals surface area contributed by atoms with Crippen LogP contribution in [0.2, 0.25) is 0 Å². The largest absolute Gasteiger partial charge is 0.497 e. The molecule has 23 heavy (non-hydrogen) atoms. The summed E-state index contributed by atoms with van der Waals surface area (Å²) >= 11 is 1.72. The zero-order chi connectivity index (χ0) is 16.7. The molecular formula is C19H23NO2S. The summed E-state index contributed by atoms with van der Waals surface area (Å²) in [5.74, 6) is 1.69. The number of rotatable bonds is 7. The van der Waals surface area contributed by atoms with Crippen molar-refractivity contribution in [2.24, 2.45) is 0 Å². The summed E-state index contributed by atoms with van der Waals surface area (Å²) in [6.07, 6.45) is 0.522. The maximum Gasteiger partial charge on any atom is 0.221 e. The van der Waals surface area contributed by atoms with Gasteiger partial charge in [-0.15, -0.1) is 11.8 Å². The highest BCUT2D eigenvalue weighted by Crippen LogP contribution is 2.21. The molecule has 0 aliphatic heterocycles. The van der Waals surface area contributed by atoms with Gasteiger partial charge < -0.3 is 10.1 Å². The Morgan fingerprint density at radius 3 is 2.48 bits per heavy atom. The van der Waals surface area contributed by atoms with Gasteiger partial charge in [0.05, 0.1) is 7.11 Å². The number of thioether (sulfide) groups is 1. The third-order valence-electron chi connectivity index (χ3n) is 3.72. The number of amides is 1. The first kappa shape index (κ1) is 17.4. The molecule has 2 aromatic carbocycles. The Morgan fingerprint density at radius 1 is 1.09 bits per heavy atom. The lowest BCUT2D eigenvalue weighted by Gasteiger charge is -2.07. The van der Waals surface area contributed by atoms with Crippen LogP contribution in [0.5, 0.6) is 5.75 Å². The molecule has 122 valence electrons. The van der Waals surface area contributed by atoms with Crippen LogP contribution in [0.3, 0.4) is 0 Å². The van der Waals surface area contributed by atoms with E-state index in [0.717, 1.165) is 17.1 Å². The molecule has 0 aliphatic carbocycles. The van der Waals surface area contributed by atoms with Crippen molar-refractivity contribution < 1.29 is 9.53 Å². The SMILES string of the molecule is COc1ccc(CNC(=O)CCSc2ccc(C)c(C)c2)cc1. The van der Waals surface area contributed by atoms with Gasteiger partial charge in [-0.1, -0.05) is 18.2 Å². The first-order chi connectivity index (χ1) is 11.1. The van der Waals surface area contributed by atoms with Crippen molar-refractivity contribution in [1.29, 1.82) is 0 Å². The van der Waals surface area contributed by atoms with E-state index in [1.807, 2.05) is 24.3 Å². The molecule has 0 aromatic heterocycles. The predicted molar refractivity (Wildman–Crippen MR) is 96.1 cm³/mol. The quantitative estimate of drug-likeness (QED) is 0.777. The summed E-state index contributed by atoms with van der Waals surface area (Å²) < 4.78 is 5.12. The Balaban J connectivity index is 1.71. The molecule has 0 spiro atoms. The third-order valence-corrected chi connectivity index (χ3v) is 4.72. The molecule has 0 aliphatic rings. The smallest absolute Gasteiger partial charge is 0.221 e. The third kappa shape index (κ3) is 5.64. The van der Waals surface area contributed by atoms with Gasteiger partial charge in [-0.3, -0.25) is 4.79 Å². The fourth-order valence-corrected chi connectivity index (χ4v) is 3.05. The molecule has 2 aromatic rings. The van der Waals surface area contributed by atoms with Crippen molar-refractivity contribution >= 4 is 17.7 Å². The number of nitrogens with one attached hydrogen (secondary N) is 1. The second kappa shape index (κ2) is 8.63. The number of ether oxygens (including phenoxy) is 1. The van der Waals surface area contributed by atoms with E-state index in [-0.39, 0.29) is 5.91 Å². The molecule has 0 atom stereocenters. The summed E-state index contributed by atoms with van der Waals surface area (Å²) in [7, 11) is 1.64. The average molecular weight is 329 g/mol. The van der Waals surface area contributed by atoms with Gasteiger partial charge in [-0.05, 0) is 54.8 Å². The first-order valence-corrected chi connectivity index (χ1v) is 8.66. The van der Waals surface area contributed by atoms with Crippen LogP contribution in [0.1, 0.15) is 23.1 Å². The zero-order valence-electron chi connectivity index (χ0n) is 13.9. The number of hydrogen-bond acceptors (Lipinski definition) is 3.